The topological polar surface area (TPSA) is 90.7 Å². The highest BCUT2D eigenvalue weighted by Crippen LogP contribution is 2.32. The number of hydrogen-bond donors (Lipinski definition) is 1. The van der Waals surface area contributed by atoms with Crippen LogP contribution in [0.5, 0.6) is 0 Å². The summed E-state index contributed by atoms with van der Waals surface area (Å²) < 4.78 is 5.18. The third-order valence-corrected chi connectivity index (χ3v) is 3.11. The van der Waals surface area contributed by atoms with E-state index in [0.29, 0.717) is 23.8 Å². The Morgan fingerprint density at radius 3 is 2.88 bits per heavy atom. The minimum Gasteiger partial charge on any atom is -0.339 e. The highest BCUT2D eigenvalue weighted by Gasteiger charge is 2.34. The zero-order valence-corrected chi connectivity index (χ0v) is 9.33. The zero-order chi connectivity index (χ0) is 11.7. The first-order valence-electron chi connectivity index (χ1n) is 5.63. The molecule has 0 amide bonds. The van der Waals surface area contributed by atoms with E-state index in [1.165, 1.54) is 6.42 Å². The Labute approximate surface area is 98.3 Å². The Bertz CT molecular complexity index is 506. The Morgan fingerprint density at radius 1 is 1.35 bits per heavy atom. The monoisotopic (exact) mass is 231 g/mol. The van der Waals surface area contributed by atoms with Gasteiger partial charge in [-0.05, 0) is 19.3 Å². The first-order valence-corrected chi connectivity index (χ1v) is 5.63. The second-order valence-electron chi connectivity index (χ2n) is 4.50. The third-order valence-electron chi connectivity index (χ3n) is 3.11. The van der Waals surface area contributed by atoms with Crippen LogP contribution < -0.4 is 5.73 Å². The third kappa shape index (κ3) is 2.03. The molecule has 0 spiro atoms. The largest absolute Gasteiger partial charge is 0.339 e. The van der Waals surface area contributed by atoms with E-state index in [4.69, 9.17) is 10.3 Å². The molecule has 1 aliphatic carbocycles. The maximum Gasteiger partial charge on any atom is 0.228 e. The van der Waals surface area contributed by atoms with Gasteiger partial charge in [0.2, 0.25) is 11.7 Å². The molecule has 0 saturated heterocycles. The summed E-state index contributed by atoms with van der Waals surface area (Å²) in [5.41, 5.74) is 6.59. The molecule has 1 aliphatic rings. The summed E-state index contributed by atoms with van der Waals surface area (Å²) in [6.07, 6.45) is 8.68. The van der Waals surface area contributed by atoms with Gasteiger partial charge >= 0.3 is 0 Å². The Morgan fingerprint density at radius 2 is 2.24 bits per heavy atom. The lowest BCUT2D eigenvalue weighted by atomic mass is 9.75. The fourth-order valence-electron chi connectivity index (χ4n) is 1.95. The van der Waals surface area contributed by atoms with Gasteiger partial charge in [-0.3, -0.25) is 4.98 Å². The zero-order valence-electron chi connectivity index (χ0n) is 9.33. The SMILES string of the molecule is NC1(Cc2nc(-c3cnccn3)no2)CCC1. The number of rotatable bonds is 3. The Hall–Kier alpha value is -1.82. The van der Waals surface area contributed by atoms with Gasteiger partial charge in [0, 0.05) is 24.4 Å². The molecule has 1 fully saturated rings. The molecule has 2 aromatic rings. The minimum atomic E-state index is -0.147. The first kappa shape index (κ1) is 10.3. The van der Waals surface area contributed by atoms with Gasteiger partial charge in [-0.25, -0.2) is 4.98 Å². The molecule has 0 atom stereocenters. The second-order valence-corrected chi connectivity index (χ2v) is 4.50. The number of nitrogens with two attached hydrogens (primary N) is 1. The molecule has 0 aliphatic heterocycles. The number of aromatic nitrogens is 4. The van der Waals surface area contributed by atoms with Gasteiger partial charge in [0.05, 0.1) is 6.20 Å². The molecule has 6 heteroatoms. The lowest BCUT2D eigenvalue weighted by molar-refractivity contribution is 0.222. The fourth-order valence-corrected chi connectivity index (χ4v) is 1.95. The van der Waals surface area contributed by atoms with Crippen LogP contribution in [0.3, 0.4) is 0 Å². The Kier molecular flexibility index (Phi) is 2.36. The summed E-state index contributed by atoms with van der Waals surface area (Å²) in [4.78, 5) is 12.4. The van der Waals surface area contributed by atoms with Crippen molar-refractivity contribution in [2.75, 3.05) is 0 Å². The van der Waals surface area contributed by atoms with Gasteiger partial charge in [-0.2, -0.15) is 4.98 Å². The molecule has 2 heterocycles. The van der Waals surface area contributed by atoms with Crippen molar-refractivity contribution in [3.8, 4) is 11.5 Å². The van der Waals surface area contributed by atoms with Gasteiger partial charge in [-0.1, -0.05) is 5.16 Å². The van der Waals surface area contributed by atoms with Gasteiger partial charge in [0.25, 0.3) is 0 Å². The quantitative estimate of drug-likeness (QED) is 0.845. The molecule has 0 radical (unpaired) electrons. The molecule has 0 aromatic carbocycles. The van der Waals surface area contributed by atoms with E-state index in [1.54, 1.807) is 18.6 Å². The van der Waals surface area contributed by atoms with Crippen molar-refractivity contribution in [1.29, 1.82) is 0 Å². The van der Waals surface area contributed by atoms with Crippen molar-refractivity contribution in [2.24, 2.45) is 5.73 Å². The lowest BCUT2D eigenvalue weighted by Crippen LogP contribution is -2.48. The predicted octanol–water partition coefficient (Wildman–Crippen LogP) is 0.950. The molecule has 0 unspecified atom stereocenters. The molecule has 17 heavy (non-hydrogen) atoms. The summed E-state index contributed by atoms with van der Waals surface area (Å²) in [6, 6.07) is 0. The normalized spacial score (nSPS) is 17.7. The van der Waals surface area contributed by atoms with Gasteiger partial charge in [0.15, 0.2) is 0 Å². The standard InChI is InChI=1S/C11H13N5O/c12-11(2-1-3-11)6-9-15-10(16-17-9)8-7-13-4-5-14-8/h4-5,7H,1-3,6,12H2. The number of nitrogens with zero attached hydrogens (tertiary/aromatic N) is 4. The molecular weight excluding hydrogens is 218 g/mol. The van der Waals surface area contributed by atoms with Crippen LogP contribution in [0.1, 0.15) is 25.2 Å². The van der Waals surface area contributed by atoms with Crippen molar-refractivity contribution in [3.63, 3.8) is 0 Å². The van der Waals surface area contributed by atoms with E-state index in [1.807, 2.05) is 0 Å². The van der Waals surface area contributed by atoms with Crippen molar-refractivity contribution in [3.05, 3.63) is 24.5 Å². The average molecular weight is 231 g/mol. The van der Waals surface area contributed by atoms with Crippen LogP contribution in [0.4, 0.5) is 0 Å². The summed E-state index contributed by atoms with van der Waals surface area (Å²) in [6.45, 7) is 0. The molecular formula is C11H13N5O. The van der Waals surface area contributed by atoms with E-state index in [2.05, 4.69) is 20.1 Å². The lowest BCUT2D eigenvalue weighted by Gasteiger charge is -2.36. The van der Waals surface area contributed by atoms with E-state index < -0.39 is 0 Å². The molecule has 3 rings (SSSR count). The smallest absolute Gasteiger partial charge is 0.228 e. The maximum absolute atomic E-state index is 6.13. The first-order chi connectivity index (χ1) is 8.25. The van der Waals surface area contributed by atoms with Gasteiger partial charge in [0.1, 0.15) is 5.69 Å². The van der Waals surface area contributed by atoms with Gasteiger partial charge in [-0.15, -0.1) is 0 Å². The van der Waals surface area contributed by atoms with Crippen molar-refractivity contribution in [2.45, 2.75) is 31.2 Å². The van der Waals surface area contributed by atoms with E-state index in [0.717, 1.165) is 12.8 Å². The van der Waals surface area contributed by atoms with Crippen LogP contribution in [-0.2, 0) is 6.42 Å². The summed E-state index contributed by atoms with van der Waals surface area (Å²) in [7, 11) is 0. The predicted molar refractivity (Wildman–Crippen MR) is 59.8 cm³/mol. The van der Waals surface area contributed by atoms with E-state index in [9.17, 15) is 0 Å². The van der Waals surface area contributed by atoms with Crippen LogP contribution in [0.2, 0.25) is 0 Å². The molecule has 2 N–H and O–H groups in total. The fraction of sp³-hybridized carbons (Fsp3) is 0.455. The van der Waals surface area contributed by atoms with Crippen LogP contribution in [0, 0.1) is 0 Å². The Balaban J connectivity index is 1.79. The molecule has 1 saturated carbocycles. The van der Waals surface area contributed by atoms with Crippen LogP contribution in [0.25, 0.3) is 11.5 Å². The highest BCUT2D eigenvalue weighted by atomic mass is 16.5. The molecule has 2 aromatic heterocycles. The van der Waals surface area contributed by atoms with Crippen molar-refractivity contribution in [1.82, 2.24) is 20.1 Å². The average Bonchev–Trinajstić information content (AvgIpc) is 2.77. The second kappa shape index (κ2) is 3.89. The minimum absolute atomic E-state index is 0.147. The molecule has 0 bridgehead atoms. The van der Waals surface area contributed by atoms with Crippen molar-refractivity contribution >= 4 is 0 Å². The molecule has 88 valence electrons. The summed E-state index contributed by atoms with van der Waals surface area (Å²) in [5, 5.41) is 3.88. The van der Waals surface area contributed by atoms with Crippen LogP contribution in [-0.4, -0.2) is 25.6 Å². The molecule has 6 nitrogen and oxygen atoms in total. The van der Waals surface area contributed by atoms with Crippen molar-refractivity contribution < 1.29 is 4.52 Å². The maximum atomic E-state index is 6.13. The van der Waals surface area contributed by atoms with Crippen LogP contribution >= 0.6 is 0 Å². The van der Waals surface area contributed by atoms with E-state index in [-0.39, 0.29) is 5.54 Å². The van der Waals surface area contributed by atoms with Crippen LogP contribution in [0.15, 0.2) is 23.1 Å². The van der Waals surface area contributed by atoms with Gasteiger partial charge < -0.3 is 10.3 Å². The highest BCUT2D eigenvalue weighted by molar-refractivity contribution is 5.45. The number of hydrogen-bond acceptors (Lipinski definition) is 6. The summed E-state index contributed by atoms with van der Waals surface area (Å²) >= 11 is 0. The summed E-state index contributed by atoms with van der Waals surface area (Å²) in [5.74, 6) is 1.05. The van der Waals surface area contributed by atoms with E-state index >= 15 is 0 Å².